The van der Waals surface area contributed by atoms with Gasteiger partial charge in [-0.25, -0.2) is 4.79 Å². The minimum Gasteiger partial charge on any atom is -0.444 e. The summed E-state index contributed by atoms with van der Waals surface area (Å²) in [5.41, 5.74) is 3.78. The molecule has 0 aliphatic rings. The molecule has 0 unspecified atom stereocenters. The molecule has 0 saturated heterocycles. The van der Waals surface area contributed by atoms with Crippen LogP contribution in [0.5, 0.6) is 0 Å². The average molecular weight is 525 g/mol. The molecule has 7 nitrogen and oxygen atoms in total. The lowest BCUT2D eigenvalue weighted by molar-refractivity contribution is -0.388. The highest BCUT2D eigenvalue weighted by atomic mass is 19.4. The number of nitrogens with two attached hydrogens (primary N) is 1. The van der Waals surface area contributed by atoms with Crippen molar-refractivity contribution in [3.8, 4) is 0 Å². The van der Waals surface area contributed by atoms with Crippen molar-refractivity contribution in [1.82, 2.24) is 5.32 Å². The molecule has 1 rings (SSSR count). The van der Waals surface area contributed by atoms with Gasteiger partial charge in [0.15, 0.2) is 0 Å². The van der Waals surface area contributed by atoms with Crippen LogP contribution in [0.4, 0.5) is 50.0 Å². The molecule has 35 heavy (non-hydrogen) atoms. The summed E-state index contributed by atoms with van der Waals surface area (Å²) < 4.78 is 121. The molecule has 0 aliphatic heterocycles. The summed E-state index contributed by atoms with van der Waals surface area (Å²) in [6.07, 6.45) is -8.34. The molecule has 0 spiro atoms. The van der Waals surface area contributed by atoms with Gasteiger partial charge in [0.1, 0.15) is 11.6 Å². The van der Waals surface area contributed by atoms with Crippen LogP contribution in [0.1, 0.15) is 26.3 Å². The summed E-state index contributed by atoms with van der Waals surface area (Å²) in [4.78, 5) is 34.9. The number of rotatable bonds is 8. The van der Waals surface area contributed by atoms with Crippen LogP contribution in [0.25, 0.3) is 0 Å². The second kappa shape index (κ2) is 9.81. The van der Waals surface area contributed by atoms with Crippen LogP contribution in [0, 0.1) is 0 Å². The first-order valence-electron chi connectivity index (χ1n) is 9.42. The quantitative estimate of drug-likeness (QED) is 0.446. The largest absolute Gasteiger partial charge is 0.460 e. The van der Waals surface area contributed by atoms with Crippen LogP contribution in [-0.2, 0) is 20.7 Å². The zero-order valence-electron chi connectivity index (χ0n) is 18.2. The van der Waals surface area contributed by atoms with Gasteiger partial charge in [-0.3, -0.25) is 9.59 Å². The van der Waals surface area contributed by atoms with Crippen molar-refractivity contribution >= 4 is 23.6 Å². The lowest BCUT2D eigenvalue weighted by Crippen LogP contribution is -2.64. The number of hydrogen-bond donors (Lipinski definition) is 3. The summed E-state index contributed by atoms with van der Waals surface area (Å²) in [5.74, 6) is -24.9. The molecule has 4 N–H and O–H groups in total. The molecular weight excluding hydrogens is 505 g/mol. The molecule has 0 aliphatic carbocycles. The number of alkyl halides is 9. The molecule has 0 saturated carbocycles. The van der Waals surface area contributed by atoms with Gasteiger partial charge < -0.3 is 21.1 Å². The molecule has 198 valence electrons. The molecule has 1 aromatic rings. The molecule has 0 aromatic heterocycles. The van der Waals surface area contributed by atoms with Crippen molar-refractivity contribution in [3.05, 3.63) is 29.8 Å². The highest BCUT2D eigenvalue weighted by Gasteiger charge is 2.83. The third kappa shape index (κ3) is 6.91. The third-order valence-electron chi connectivity index (χ3n) is 4.12. The number of amides is 3. The second-order valence-corrected chi connectivity index (χ2v) is 8.18. The van der Waals surface area contributed by atoms with Gasteiger partial charge >= 0.3 is 35.9 Å². The van der Waals surface area contributed by atoms with E-state index in [4.69, 9.17) is 10.5 Å². The highest BCUT2D eigenvalue weighted by molar-refractivity contribution is 5.97. The van der Waals surface area contributed by atoms with E-state index in [0.717, 1.165) is 29.6 Å². The number of nitrogens with one attached hydrogen (secondary N) is 2. The van der Waals surface area contributed by atoms with E-state index in [1.165, 1.54) is 0 Å². The summed E-state index contributed by atoms with van der Waals surface area (Å²) in [6.45, 7) is 4.63. The topological polar surface area (TPSA) is 111 Å². The number of anilines is 1. The molecule has 0 bridgehead atoms. The number of carbonyl (C=O) groups is 3. The van der Waals surface area contributed by atoms with Gasteiger partial charge in [-0.2, -0.15) is 39.5 Å². The Morgan fingerprint density at radius 2 is 1.37 bits per heavy atom. The number of halogens is 9. The van der Waals surface area contributed by atoms with E-state index in [-0.39, 0.29) is 12.0 Å². The summed E-state index contributed by atoms with van der Waals surface area (Å²) in [6, 6.07) is 2.37. The molecule has 16 heteroatoms. The fourth-order valence-electron chi connectivity index (χ4n) is 2.36. The lowest BCUT2D eigenvalue weighted by Gasteiger charge is -2.32. The van der Waals surface area contributed by atoms with Crippen molar-refractivity contribution in [2.24, 2.45) is 5.73 Å². The van der Waals surface area contributed by atoms with Crippen LogP contribution in [-0.4, -0.2) is 53.5 Å². The number of carbonyl (C=O) groups excluding carboxylic acids is 3. The second-order valence-electron chi connectivity index (χ2n) is 8.18. The van der Waals surface area contributed by atoms with E-state index in [1.54, 1.807) is 20.8 Å². The SMILES string of the molecule is CC(C)(C)OC(=O)N[C@@H](Cc1ccc(NC(=O)C(F)(F)C(F)(F)C(F)(F)C(F)(F)F)cc1)C(N)=O. The summed E-state index contributed by atoms with van der Waals surface area (Å²) >= 11 is 0. The fraction of sp³-hybridized carbons (Fsp3) is 0.526. The van der Waals surface area contributed by atoms with E-state index in [1.807, 2.05) is 0 Å². The number of alkyl carbamates (subject to hydrolysis) is 1. The smallest absolute Gasteiger partial charge is 0.444 e. The Kier molecular flexibility index (Phi) is 8.36. The molecule has 1 aromatic carbocycles. The minimum atomic E-state index is -7.21. The van der Waals surface area contributed by atoms with Crippen molar-refractivity contribution in [1.29, 1.82) is 0 Å². The first-order chi connectivity index (χ1) is 15.5. The van der Waals surface area contributed by atoms with Crippen molar-refractivity contribution in [3.63, 3.8) is 0 Å². The van der Waals surface area contributed by atoms with Crippen molar-refractivity contribution in [2.75, 3.05) is 5.32 Å². The predicted octanol–water partition coefficient (Wildman–Crippen LogP) is 4.01. The first-order valence-corrected chi connectivity index (χ1v) is 9.42. The Bertz CT molecular complexity index is 942. The lowest BCUT2D eigenvalue weighted by atomic mass is 10.0. The van der Waals surface area contributed by atoms with Crippen LogP contribution in [0.15, 0.2) is 24.3 Å². The molecule has 0 fully saturated rings. The van der Waals surface area contributed by atoms with E-state index >= 15 is 0 Å². The van der Waals surface area contributed by atoms with E-state index < -0.39 is 59.2 Å². The standard InChI is InChI=1S/C19H20F9N3O4/c1-15(2,3)35-14(34)31-11(12(29)32)8-9-4-6-10(7-5-9)30-13(33)16(20,21)17(22,23)18(24,25)19(26,27)28/h4-7,11H,8H2,1-3H3,(H2,29,32)(H,30,33)(H,31,34)/t11-/m0/s1. The Morgan fingerprint density at radius 1 is 0.886 bits per heavy atom. The normalized spacial score (nSPS) is 14.2. The van der Waals surface area contributed by atoms with Gasteiger partial charge in [0.05, 0.1) is 0 Å². The predicted molar refractivity (Wildman–Crippen MR) is 102 cm³/mol. The minimum absolute atomic E-state index is 0.184. The average Bonchev–Trinajstić information content (AvgIpc) is 2.66. The molecule has 3 amide bonds. The Balaban J connectivity index is 2.98. The molecular formula is C19H20F9N3O4. The van der Waals surface area contributed by atoms with E-state index in [2.05, 4.69) is 5.32 Å². The Hall–Kier alpha value is -3.20. The number of benzene rings is 1. The van der Waals surface area contributed by atoms with Gasteiger partial charge in [0, 0.05) is 12.1 Å². The Morgan fingerprint density at radius 3 is 1.77 bits per heavy atom. The zero-order chi connectivity index (χ0) is 27.6. The van der Waals surface area contributed by atoms with Gasteiger partial charge in [-0.05, 0) is 38.5 Å². The van der Waals surface area contributed by atoms with E-state index in [0.29, 0.717) is 0 Å². The van der Waals surface area contributed by atoms with Crippen LogP contribution in [0.2, 0.25) is 0 Å². The van der Waals surface area contributed by atoms with Gasteiger partial charge in [0.2, 0.25) is 5.91 Å². The molecule has 1 atom stereocenters. The maximum atomic E-state index is 13.6. The zero-order valence-corrected chi connectivity index (χ0v) is 18.2. The van der Waals surface area contributed by atoms with Gasteiger partial charge in [-0.15, -0.1) is 0 Å². The Labute approximate surface area is 192 Å². The maximum absolute atomic E-state index is 13.6. The van der Waals surface area contributed by atoms with Crippen LogP contribution >= 0.6 is 0 Å². The first kappa shape index (κ1) is 29.8. The highest BCUT2D eigenvalue weighted by Crippen LogP contribution is 2.53. The number of ether oxygens (including phenoxy) is 1. The van der Waals surface area contributed by atoms with Gasteiger partial charge in [-0.1, -0.05) is 12.1 Å². The van der Waals surface area contributed by atoms with Crippen LogP contribution in [0.3, 0.4) is 0 Å². The number of primary amides is 1. The third-order valence-corrected chi connectivity index (χ3v) is 4.12. The van der Waals surface area contributed by atoms with Crippen LogP contribution < -0.4 is 16.4 Å². The monoisotopic (exact) mass is 525 g/mol. The van der Waals surface area contributed by atoms with Crippen molar-refractivity contribution < 1.29 is 58.6 Å². The maximum Gasteiger partial charge on any atom is 0.460 e. The fourth-order valence-corrected chi connectivity index (χ4v) is 2.36. The number of hydrogen-bond acceptors (Lipinski definition) is 4. The van der Waals surface area contributed by atoms with E-state index in [9.17, 15) is 53.9 Å². The van der Waals surface area contributed by atoms with Gasteiger partial charge in [0.25, 0.3) is 0 Å². The summed E-state index contributed by atoms with van der Waals surface area (Å²) in [7, 11) is 0. The van der Waals surface area contributed by atoms with Crippen molar-refractivity contribution in [2.45, 2.75) is 62.8 Å². The molecule has 0 heterocycles. The summed E-state index contributed by atoms with van der Waals surface area (Å²) in [5, 5.41) is 3.30. The molecule has 0 radical (unpaired) electrons.